The molecule has 3 aromatic rings. The van der Waals surface area contributed by atoms with Gasteiger partial charge in [0.15, 0.2) is 17.2 Å². The van der Waals surface area contributed by atoms with Gasteiger partial charge in [-0.15, -0.1) is 0 Å². The van der Waals surface area contributed by atoms with Gasteiger partial charge in [-0.2, -0.15) is 0 Å². The molecule has 1 aliphatic rings. The van der Waals surface area contributed by atoms with Crippen LogP contribution < -0.4 is 9.47 Å². The van der Waals surface area contributed by atoms with Crippen molar-refractivity contribution < 1.29 is 19.0 Å². The molecule has 0 aromatic heterocycles. The molecule has 0 saturated carbocycles. The third-order valence-corrected chi connectivity index (χ3v) is 6.74. The smallest absolute Gasteiger partial charge is 0.363 e. The fraction of sp³-hybridized carbons (Fsp3) is 0.0833. The van der Waals surface area contributed by atoms with Crippen LogP contribution in [0.15, 0.2) is 65.3 Å². The summed E-state index contributed by atoms with van der Waals surface area (Å²) >= 11 is 20.7. The largest absolute Gasteiger partial charge is 0.493 e. The van der Waals surface area contributed by atoms with Crippen LogP contribution in [-0.4, -0.2) is 19.0 Å². The van der Waals surface area contributed by atoms with Gasteiger partial charge in [-0.25, -0.2) is 9.79 Å². The van der Waals surface area contributed by atoms with E-state index in [1.165, 1.54) is 7.11 Å². The van der Waals surface area contributed by atoms with Crippen LogP contribution in [0.1, 0.15) is 16.7 Å². The van der Waals surface area contributed by atoms with E-state index in [2.05, 4.69) is 27.6 Å². The second-order valence-electron chi connectivity index (χ2n) is 6.88. The molecule has 33 heavy (non-hydrogen) atoms. The Balaban J connectivity index is 1.60. The monoisotopic (exact) mass is 613 g/mol. The summed E-state index contributed by atoms with van der Waals surface area (Å²) in [5.74, 6) is 0.390. The molecule has 0 radical (unpaired) electrons. The van der Waals surface area contributed by atoms with Crippen LogP contribution in [0.3, 0.4) is 0 Å². The molecular formula is C24H15Cl3INO4. The minimum atomic E-state index is -0.592. The van der Waals surface area contributed by atoms with Gasteiger partial charge >= 0.3 is 5.97 Å². The highest BCUT2D eigenvalue weighted by Crippen LogP contribution is 2.38. The van der Waals surface area contributed by atoms with Gasteiger partial charge in [0.25, 0.3) is 0 Å². The predicted molar refractivity (Wildman–Crippen MR) is 139 cm³/mol. The van der Waals surface area contributed by atoms with Crippen LogP contribution in [0.4, 0.5) is 0 Å². The first-order valence-corrected chi connectivity index (χ1v) is 11.8. The number of aliphatic imine (C=N–C) groups is 1. The van der Waals surface area contributed by atoms with E-state index in [9.17, 15) is 4.79 Å². The Labute approximate surface area is 219 Å². The summed E-state index contributed by atoms with van der Waals surface area (Å²) in [6.07, 6.45) is 1.56. The van der Waals surface area contributed by atoms with Gasteiger partial charge in [0.1, 0.15) is 6.61 Å². The van der Waals surface area contributed by atoms with E-state index in [0.29, 0.717) is 44.3 Å². The molecule has 3 aromatic carbocycles. The molecule has 1 aliphatic heterocycles. The van der Waals surface area contributed by atoms with E-state index >= 15 is 0 Å². The van der Waals surface area contributed by atoms with E-state index < -0.39 is 5.97 Å². The Morgan fingerprint density at radius 3 is 2.55 bits per heavy atom. The van der Waals surface area contributed by atoms with Crippen molar-refractivity contribution in [1.82, 2.24) is 0 Å². The normalized spacial score (nSPS) is 14.3. The number of nitrogens with zero attached hydrogens (tertiary/aromatic N) is 1. The number of rotatable bonds is 6. The van der Waals surface area contributed by atoms with Gasteiger partial charge in [0.2, 0.25) is 5.90 Å². The molecule has 1 heterocycles. The number of esters is 1. The molecule has 0 fully saturated rings. The highest BCUT2D eigenvalue weighted by atomic mass is 127. The molecule has 0 amide bonds. The highest BCUT2D eigenvalue weighted by Gasteiger charge is 2.25. The topological polar surface area (TPSA) is 57.1 Å². The Morgan fingerprint density at radius 2 is 1.82 bits per heavy atom. The molecule has 4 rings (SSSR count). The Morgan fingerprint density at radius 1 is 1.03 bits per heavy atom. The number of hydrogen-bond donors (Lipinski definition) is 0. The van der Waals surface area contributed by atoms with Crippen molar-refractivity contribution in [1.29, 1.82) is 0 Å². The van der Waals surface area contributed by atoms with Crippen molar-refractivity contribution in [3.8, 4) is 11.5 Å². The van der Waals surface area contributed by atoms with Crippen molar-refractivity contribution >= 4 is 75.3 Å². The fourth-order valence-corrected chi connectivity index (χ4v) is 4.16. The maximum atomic E-state index is 12.4. The lowest BCUT2D eigenvalue weighted by Crippen LogP contribution is -2.05. The average Bonchev–Trinajstić information content (AvgIpc) is 3.15. The summed E-state index contributed by atoms with van der Waals surface area (Å²) < 4.78 is 17.8. The summed E-state index contributed by atoms with van der Waals surface area (Å²) in [7, 11) is 1.52. The first-order chi connectivity index (χ1) is 15.9. The van der Waals surface area contributed by atoms with Crippen LogP contribution in [0, 0.1) is 3.57 Å². The van der Waals surface area contributed by atoms with Gasteiger partial charge in [0, 0.05) is 14.7 Å². The predicted octanol–water partition coefficient (Wildman–Crippen LogP) is 7.18. The first kappa shape index (κ1) is 23.9. The van der Waals surface area contributed by atoms with Gasteiger partial charge < -0.3 is 14.2 Å². The summed E-state index contributed by atoms with van der Waals surface area (Å²) in [5, 5.41) is 1.07. The van der Waals surface area contributed by atoms with Crippen LogP contribution in [0.25, 0.3) is 6.08 Å². The molecule has 0 saturated heterocycles. The molecule has 168 valence electrons. The SMILES string of the molecule is COc1cc(/C=C2\N=C(c3ccc(Cl)c(Cl)c3)OC2=O)cc(Cl)c1OCc1ccccc1I. The Hall–Kier alpha value is -2.26. The quantitative estimate of drug-likeness (QED) is 0.168. The number of benzene rings is 3. The fourth-order valence-electron chi connectivity index (χ4n) is 3.05. The van der Waals surface area contributed by atoms with Crippen molar-refractivity contribution in [2.75, 3.05) is 7.11 Å². The number of carbonyl (C=O) groups excluding carboxylic acids is 1. The summed E-state index contributed by atoms with van der Waals surface area (Å²) in [4.78, 5) is 16.6. The second kappa shape index (κ2) is 10.3. The highest BCUT2D eigenvalue weighted by molar-refractivity contribution is 14.1. The minimum Gasteiger partial charge on any atom is -0.493 e. The zero-order valence-corrected chi connectivity index (χ0v) is 21.5. The zero-order valence-electron chi connectivity index (χ0n) is 17.1. The zero-order chi connectivity index (χ0) is 23.5. The van der Waals surface area contributed by atoms with E-state index in [-0.39, 0.29) is 11.6 Å². The van der Waals surface area contributed by atoms with Gasteiger partial charge in [-0.3, -0.25) is 0 Å². The third kappa shape index (κ3) is 5.46. The number of cyclic esters (lactones) is 1. The molecule has 0 atom stereocenters. The molecule has 0 unspecified atom stereocenters. The summed E-state index contributed by atoms with van der Waals surface area (Å²) in [6, 6.07) is 16.1. The Bertz CT molecular complexity index is 1310. The first-order valence-electron chi connectivity index (χ1n) is 9.57. The van der Waals surface area contributed by atoms with E-state index in [1.807, 2.05) is 24.3 Å². The van der Waals surface area contributed by atoms with E-state index in [4.69, 9.17) is 49.0 Å². The van der Waals surface area contributed by atoms with Crippen molar-refractivity contribution in [3.63, 3.8) is 0 Å². The Kier molecular flexibility index (Phi) is 7.48. The van der Waals surface area contributed by atoms with E-state index in [0.717, 1.165) is 9.13 Å². The molecular weight excluding hydrogens is 600 g/mol. The van der Waals surface area contributed by atoms with Crippen LogP contribution in [0.2, 0.25) is 15.1 Å². The van der Waals surface area contributed by atoms with Crippen molar-refractivity contribution in [2.24, 2.45) is 4.99 Å². The van der Waals surface area contributed by atoms with Gasteiger partial charge in [-0.05, 0) is 70.6 Å². The number of hydrogen-bond acceptors (Lipinski definition) is 5. The molecule has 0 spiro atoms. The number of carbonyl (C=O) groups is 1. The molecule has 0 N–H and O–H groups in total. The second-order valence-corrected chi connectivity index (χ2v) is 9.26. The number of ether oxygens (including phenoxy) is 3. The number of methoxy groups -OCH3 is 1. The van der Waals surface area contributed by atoms with E-state index in [1.54, 1.807) is 36.4 Å². The summed E-state index contributed by atoms with van der Waals surface area (Å²) in [6.45, 7) is 0.333. The van der Waals surface area contributed by atoms with Crippen LogP contribution in [0.5, 0.6) is 11.5 Å². The maximum absolute atomic E-state index is 12.4. The lowest BCUT2D eigenvalue weighted by molar-refractivity contribution is -0.129. The maximum Gasteiger partial charge on any atom is 0.363 e. The standard InChI is InChI=1S/C24H15Cl3INO4/c1-31-21-10-13(8-18(27)22(21)32-12-15-4-2-3-5-19(15)28)9-20-24(30)33-23(29-20)14-6-7-16(25)17(26)11-14/h2-11H,12H2,1H3/b20-9-. The lowest BCUT2D eigenvalue weighted by Gasteiger charge is -2.14. The van der Waals surface area contributed by atoms with Gasteiger partial charge in [0.05, 0.1) is 22.2 Å². The van der Waals surface area contributed by atoms with Crippen LogP contribution in [-0.2, 0) is 16.1 Å². The summed E-state index contributed by atoms with van der Waals surface area (Å²) in [5.41, 5.74) is 2.28. The minimum absolute atomic E-state index is 0.113. The van der Waals surface area contributed by atoms with Gasteiger partial charge in [-0.1, -0.05) is 53.0 Å². The van der Waals surface area contributed by atoms with Crippen molar-refractivity contribution in [2.45, 2.75) is 6.61 Å². The molecule has 9 heteroatoms. The lowest BCUT2D eigenvalue weighted by atomic mass is 10.1. The number of halogens is 4. The molecule has 0 aliphatic carbocycles. The molecule has 0 bridgehead atoms. The average molecular weight is 615 g/mol. The third-order valence-electron chi connectivity index (χ3n) is 4.67. The van der Waals surface area contributed by atoms with Crippen molar-refractivity contribution in [3.05, 3.63) is 95.6 Å². The van der Waals surface area contributed by atoms with Crippen LogP contribution >= 0.6 is 57.4 Å². The molecule has 5 nitrogen and oxygen atoms in total.